The van der Waals surface area contributed by atoms with Crippen molar-refractivity contribution in [3.05, 3.63) is 35.9 Å². The van der Waals surface area contributed by atoms with Crippen LogP contribution in [0.1, 0.15) is 37.2 Å². The van der Waals surface area contributed by atoms with Crippen LogP contribution in [0.15, 0.2) is 30.3 Å². The number of hydrogen-bond acceptors (Lipinski definition) is 2. The first-order valence-electron chi connectivity index (χ1n) is 7.24. The van der Waals surface area contributed by atoms with Crippen LogP contribution in [0.5, 0.6) is 0 Å². The Morgan fingerprint density at radius 2 is 1.94 bits per heavy atom. The predicted molar refractivity (Wildman–Crippen MR) is 73.8 cm³/mol. The number of rotatable bonds is 1. The van der Waals surface area contributed by atoms with Crippen LogP contribution in [0.3, 0.4) is 0 Å². The fourth-order valence-electron chi connectivity index (χ4n) is 3.76. The molecule has 0 amide bonds. The molecule has 1 aromatic rings. The Bertz CT molecular complexity index is 368. The molecule has 2 atom stereocenters. The normalized spacial score (nSPS) is 33.2. The summed E-state index contributed by atoms with van der Waals surface area (Å²) in [5.41, 5.74) is 1.98. The summed E-state index contributed by atoms with van der Waals surface area (Å²) in [5, 5.41) is 3.58. The number of piperidine rings is 1. The summed E-state index contributed by atoms with van der Waals surface area (Å²) < 4.78 is 5.69. The molecule has 2 heteroatoms. The summed E-state index contributed by atoms with van der Waals surface area (Å²) in [6.07, 6.45) is 5.09. The first-order valence-corrected chi connectivity index (χ1v) is 7.24. The maximum atomic E-state index is 5.69. The Kier molecular flexibility index (Phi) is 3.67. The molecule has 2 heterocycles. The standard InChI is InChI=1S/C16H23NO/c1-2-5-14(6-3-1)15-13-17-10-8-16(15)7-4-11-18-12-9-16/h1-3,5-6,15,17H,4,7-13H2. The van der Waals surface area contributed by atoms with Crippen molar-refractivity contribution >= 4 is 0 Å². The summed E-state index contributed by atoms with van der Waals surface area (Å²) in [4.78, 5) is 0. The quantitative estimate of drug-likeness (QED) is 0.821. The minimum Gasteiger partial charge on any atom is -0.381 e. The van der Waals surface area contributed by atoms with E-state index in [9.17, 15) is 0 Å². The summed E-state index contributed by atoms with van der Waals surface area (Å²) >= 11 is 0. The molecule has 0 aromatic heterocycles. The van der Waals surface area contributed by atoms with Crippen molar-refractivity contribution in [1.29, 1.82) is 0 Å². The average molecular weight is 245 g/mol. The maximum Gasteiger partial charge on any atom is 0.0471 e. The Morgan fingerprint density at radius 1 is 1.06 bits per heavy atom. The summed E-state index contributed by atoms with van der Waals surface area (Å²) in [7, 11) is 0. The van der Waals surface area contributed by atoms with Gasteiger partial charge in [-0.25, -0.2) is 0 Å². The van der Waals surface area contributed by atoms with E-state index in [1.54, 1.807) is 0 Å². The van der Waals surface area contributed by atoms with E-state index in [4.69, 9.17) is 4.74 Å². The third kappa shape index (κ3) is 2.32. The maximum absolute atomic E-state index is 5.69. The molecule has 2 nitrogen and oxygen atoms in total. The molecular weight excluding hydrogens is 222 g/mol. The molecule has 0 radical (unpaired) electrons. The molecule has 0 aliphatic carbocycles. The van der Waals surface area contributed by atoms with E-state index in [1.165, 1.54) is 37.8 Å². The molecule has 1 spiro atoms. The average Bonchev–Trinajstić information content (AvgIpc) is 2.67. The molecule has 1 aromatic carbocycles. The smallest absolute Gasteiger partial charge is 0.0471 e. The van der Waals surface area contributed by atoms with Gasteiger partial charge in [0.15, 0.2) is 0 Å². The molecule has 2 aliphatic heterocycles. The van der Waals surface area contributed by atoms with E-state index in [2.05, 4.69) is 35.6 Å². The molecule has 2 saturated heterocycles. The van der Waals surface area contributed by atoms with Gasteiger partial charge in [-0.1, -0.05) is 30.3 Å². The monoisotopic (exact) mass is 245 g/mol. The van der Waals surface area contributed by atoms with Crippen LogP contribution in [0, 0.1) is 5.41 Å². The highest BCUT2D eigenvalue weighted by atomic mass is 16.5. The van der Waals surface area contributed by atoms with Gasteiger partial charge in [0.2, 0.25) is 0 Å². The molecule has 2 aliphatic rings. The summed E-state index contributed by atoms with van der Waals surface area (Å²) in [6.45, 7) is 4.20. The van der Waals surface area contributed by atoms with Crippen LogP contribution in [0.2, 0.25) is 0 Å². The number of hydrogen-bond donors (Lipinski definition) is 1. The predicted octanol–water partition coefficient (Wildman–Crippen LogP) is 2.95. The van der Waals surface area contributed by atoms with Crippen molar-refractivity contribution in [2.45, 2.75) is 31.6 Å². The van der Waals surface area contributed by atoms with Crippen molar-refractivity contribution in [3.8, 4) is 0 Å². The van der Waals surface area contributed by atoms with Gasteiger partial charge in [-0.15, -0.1) is 0 Å². The molecule has 2 unspecified atom stereocenters. The van der Waals surface area contributed by atoms with Crippen LogP contribution >= 0.6 is 0 Å². The zero-order chi connectivity index (χ0) is 12.3. The van der Waals surface area contributed by atoms with Gasteiger partial charge in [0.25, 0.3) is 0 Å². The first kappa shape index (κ1) is 12.2. The van der Waals surface area contributed by atoms with Gasteiger partial charge in [0, 0.05) is 25.7 Å². The molecular formula is C16H23NO. The van der Waals surface area contributed by atoms with Gasteiger partial charge < -0.3 is 10.1 Å². The second kappa shape index (κ2) is 5.41. The van der Waals surface area contributed by atoms with Crippen LogP contribution in [-0.2, 0) is 4.74 Å². The van der Waals surface area contributed by atoms with E-state index in [-0.39, 0.29) is 0 Å². The van der Waals surface area contributed by atoms with Crippen LogP contribution < -0.4 is 5.32 Å². The number of benzene rings is 1. The van der Waals surface area contributed by atoms with Crippen molar-refractivity contribution in [2.75, 3.05) is 26.3 Å². The number of nitrogens with one attached hydrogen (secondary N) is 1. The summed E-state index contributed by atoms with van der Waals surface area (Å²) in [5.74, 6) is 0.661. The van der Waals surface area contributed by atoms with Crippen LogP contribution in [0.4, 0.5) is 0 Å². The Hall–Kier alpha value is -0.860. The van der Waals surface area contributed by atoms with Gasteiger partial charge in [0.1, 0.15) is 0 Å². The minimum absolute atomic E-state index is 0.475. The fourth-order valence-corrected chi connectivity index (χ4v) is 3.76. The topological polar surface area (TPSA) is 21.3 Å². The highest BCUT2D eigenvalue weighted by Crippen LogP contribution is 2.48. The van der Waals surface area contributed by atoms with Crippen molar-refractivity contribution in [1.82, 2.24) is 5.32 Å². The molecule has 0 saturated carbocycles. The molecule has 0 bridgehead atoms. The van der Waals surface area contributed by atoms with Crippen molar-refractivity contribution in [2.24, 2.45) is 5.41 Å². The largest absolute Gasteiger partial charge is 0.381 e. The lowest BCUT2D eigenvalue weighted by Crippen LogP contribution is -2.43. The molecule has 1 N–H and O–H groups in total. The van der Waals surface area contributed by atoms with Crippen molar-refractivity contribution < 1.29 is 4.74 Å². The molecule has 2 fully saturated rings. The highest BCUT2D eigenvalue weighted by molar-refractivity contribution is 5.24. The zero-order valence-corrected chi connectivity index (χ0v) is 11.0. The third-order valence-electron chi connectivity index (χ3n) is 4.80. The first-order chi connectivity index (χ1) is 8.91. The second-order valence-corrected chi connectivity index (χ2v) is 5.75. The van der Waals surface area contributed by atoms with Crippen LogP contribution in [-0.4, -0.2) is 26.3 Å². The van der Waals surface area contributed by atoms with Gasteiger partial charge in [-0.2, -0.15) is 0 Å². The minimum atomic E-state index is 0.475. The Labute approximate surface area is 110 Å². The fraction of sp³-hybridized carbons (Fsp3) is 0.625. The van der Waals surface area contributed by atoms with E-state index in [0.717, 1.165) is 19.8 Å². The Morgan fingerprint density at radius 3 is 2.83 bits per heavy atom. The second-order valence-electron chi connectivity index (χ2n) is 5.75. The lowest BCUT2D eigenvalue weighted by molar-refractivity contribution is 0.104. The highest BCUT2D eigenvalue weighted by Gasteiger charge is 2.41. The van der Waals surface area contributed by atoms with Gasteiger partial charge in [0.05, 0.1) is 0 Å². The van der Waals surface area contributed by atoms with E-state index in [1.807, 2.05) is 0 Å². The third-order valence-corrected chi connectivity index (χ3v) is 4.80. The van der Waals surface area contributed by atoms with E-state index < -0.39 is 0 Å². The van der Waals surface area contributed by atoms with Gasteiger partial charge >= 0.3 is 0 Å². The zero-order valence-electron chi connectivity index (χ0n) is 11.0. The van der Waals surface area contributed by atoms with Gasteiger partial charge in [-0.05, 0) is 43.2 Å². The molecule has 3 rings (SSSR count). The SMILES string of the molecule is c1ccc(C2CNCCC23CCCOCC3)cc1. The van der Waals surface area contributed by atoms with E-state index >= 15 is 0 Å². The van der Waals surface area contributed by atoms with Crippen LogP contribution in [0.25, 0.3) is 0 Å². The lowest BCUT2D eigenvalue weighted by Gasteiger charge is -2.44. The number of ether oxygens (including phenoxy) is 1. The van der Waals surface area contributed by atoms with Gasteiger partial charge in [-0.3, -0.25) is 0 Å². The Balaban J connectivity index is 1.89. The molecule has 18 heavy (non-hydrogen) atoms. The summed E-state index contributed by atoms with van der Waals surface area (Å²) in [6, 6.07) is 11.1. The van der Waals surface area contributed by atoms with Crippen molar-refractivity contribution in [3.63, 3.8) is 0 Å². The lowest BCUT2D eigenvalue weighted by atomic mass is 9.64. The molecule has 98 valence electrons. The van der Waals surface area contributed by atoms with E-state index in [0.29, 0.717) is 11.3 Å².